The van der Waals surface area contributed by atoms with Gasteiger partial charge in [-0.25, -0.2) is 0 Å². The largest absolute Gasteiger partial charge is 0.481 e. The van der Waals surface area contributed by atoms with E-state index in [2.05, 4.69) is 38.2 Å². The fourth-order valence-electron chi connectivity index (χ4n) is 3.77. The van der Waals surface area contributed by atoms with Gasteiger partial charge in [0.05, 0.1) is 0 Å². The minimum atomic E-state index is -0.662. The molecule has 0 aromatic rings. The molecule has 202 valence electrons. The number of unbranched alkanes of at least 4 members (excludes halogenated alkanes) is 16. The van der Waals surface area contributed by atoms with Crippen LogP contribution in [0.3, 0.4) is 0 Å². The van der Waals surface area contributed by atoms with Crippen molar-refractivity contribution in [1.29, 1.82) is 0 Å². The first-order valence-corrected chi connectivity index (χ1v) is 14.3. The third-order valence-electron chi connectivity index (χ3n) is 5.83. The Bertz CT molecular complexity index is 445. The van der Waals surface area contributed by atoms with Crippen LogP contribution in [0.2, 0.25) is 0 Å². The van der Waals surface area contributed by atoms with Gasteiger partial charge in [-0.05, 0) is 51.4 Å². The third-order valence-corrected chi connectivity index (χ3v) is 5.83. The molecule has 0 radical (unpaired) electrons. The summed E-state index contributed by atoms with van der Waals surface area (Å²) >= 11 is 0. The van der Waals surface area contributed by atoms with Gasteiger partial charge in [0, 0.05) is 32.3 Å². The van der Waals surface area contributed by atoms with Crippen molar-refractivity contribution < 1.29 is 39.3 Å². The molecule has 0 aromatic carbocycles. The van der Waals surface area contributed by atoms with Crippen molar-refractivity contribution in [2.24, 2.45) is 0 Å². The fourth-order valence-corrected chi connectivity index (χ4v) is 3.77. The Morgan fingerprint density at radius 3 is 0.971 bits per heavy atom. The molecule has 5 heteroatoms. The summed E-state index contributed by atoms with van der Waals surface area (Å²) in [5.41, 5.74) is 0. The van der Waals surface area contributed by atoms with E-state index in [1.807, 2.05) is 0 Å². The number of carboxylic acid groups (broad SMARTS) is 2. The van der Waals surface area contributed by atoms with E-state index < -0.39 is 11.9 Å². The molecule has 0 amide bonds. The molecule has 0 aliphatic rings. The van der Waals surface area contributed by atoms with Gasteiger partial charge in [0.2, 0.25) is 0 Å². The molecular weight excluding hydrogens is 490 g/mol. The minimum absolute atomic E-state index is 0. The molecule has 0 saturated heterocycles. The van der Waals surface area contributed by atoms with Crippen LogP contribution >= 0.6 is 0 Å². The maximum Gasteiger partial charge on any atom is 0.303 e. The predicted molar refractivity (Wildman–Crippen MR) is 146 cm³/mol. The van der Waals surface area contributed by atoms with Crippen molar-refractivity contribution in [3.05, 3.63) is 24.3 Å². The molecule has 0 rings (SSSR count). The molecular formula is C30H56O4Zn. The van der Waals surface area contributed by atoms with Gasteiger partial charge in [-0.1, -0.05) is 115 Å². The fraction of sp³-hybridized carbons (Fsp3) is 0.800. The van der Waals surface area contributed by atoms with E-state index in [-0.39, 0.29) is 19.5 Å². The summed E-state index contributed by atoms with van der Waals surface area (Å²) in [5, 5.41) is 16.9. The average Bonchev–Trinajstić information content (AvgIpc) is 2.80. The van der Waals surface area contributed by atoms with E-state index in [4.69, 9.17) is 10.2 Å². The molecule has 0 aromatic heterocycles. The van der Waals surface area contributed by atoms with Crippen LogP contribution in [0.15, 0.2) is 24.3 Å². The van der Waals surface area contributed by atoms with Crippen molar-refractivity contribution in [2.45, 2.75) is 155 Å². The first-order valence-electron chi connectivity index (χ1n) is 14.3. The second kappa shape index (κ2) is 35.2. The molecule has 0 aliphatic carbocycles. The van der Waals surface area contributed by atoms with E-state index in [0.717, 1.165) is 38.5 Å². The number of hydrogen-bond acceptors (Lipinski definition) is 2. The summed E-state index contributed by atoms with van der Waals surface area (Å²) in [4.78, 5) is 20.6. The van der Waals surface area contributed by atoms with Crippen molar-refractivity contribution in [3.63, 3.8) is 0 Å². The Kier molecular flexibility index (Phi) is 38.8. The van der Waals surface area contributed by atoms with Crippen molar-refractivity contribution in [3.8, 4) is 0 Å². The zero-order valence-corrected chi connectivity index (χ0v) is 26.3. The smallest absolute Gasteiger partial charge is 0.303 e. The van der Waals surface area contributed by atoms with Crippen LogP contribution in [0, 0.1) is 0 Å². The van der Waals surface area contributed by atoms with Crippen LogP contribution in [0.25, 0.3) is 0 Å². The number of hydrogen-bond donors (Lipinski definition) is 2. The van der Waals surface area contributed by atoms with Gasteiger partial charge in [-0.15, -0.1) is 0 Å². The third kappa shape index (κ3) is 43.5. The van der Waals surface area contributed by atoms with Crippen LogP contribution in [0.1, 0.15) is 155 Å². The zero-order chi connectivity index (χ0) is 25.5. The van der Waals surface area contributed by atoms with Crippen LogP contribution in [-0.4, -0.2) is 22.2 Å². The predicted octanol–water partition coefficient (Wildman–Crippen LogP) is 9.87. The maximum atomic E-state index is 10.3. The van der Waals surface area contributed by atoms with Gasteiger partial charge in [0.25, 0.3) is 0 Å². The number of aliphatic carboxylic acids is 2. The molecule has 0 aliphatic heterocycles. The van der Waals surface area contributed by atoms with Gasteiger partial charge >= 0.3 is 11.9 Å². The molecule has 35 heavy (non-hydrogen) atoms. The second-order valence-corrected chi connectivity index (χ2v) is 9.28. The Hall–Kier alpha value is -0.957. The first kappa shape index (κ1) is 38.6. The van der Waals surface area contributed by atoms with Gasteiger partial charge in [-0.3, -0.25) is 9.59 Å². The van der Waals surface area contributed by atoms with Crippen molar-refractivity contribution in [1.82, 2.24) is 0 Å². The standard InChI is InChI=1S/2C15H28O2.Zn/c2*1-2-3-4-5-6-7-8-9-10-11-12-13-14-15(16)17;/h2*3-4H,2,5-14H2,1H3,(H,16,17);. The van der Waals surface area contributed by atoms with Gasteiger partial charge < -0.3 is 10.2 Å². The van der Waals surface area contributed by atoms with Gasteiger partial charge in [0.15, 0.2) is 0 Å². The first-order chi connectivity index (χ1) is 16.5. The molecule has 2 N–H and O–H groups in total. The average molecular weight is 546 g/mol. The van der Waals surface area contributed by atoms with E-state index in [1.165, 1.54) is 89.9 Å². The van der Waals surface area contributed by atoms with E-state index in [1.54, 1.807) is 0 Å². The minimum Gasteiger partial charge on any atom is -0.481 e. The maximum absolute atomic E-state index is 10.3. The zero-order valence-electron chi connectivity index (χ0n) is 23.3. The molecule has 0 unspecified atom stereocenters. The number of rotatable bonds is 24. The molecule has 0 saturated carbocycles. The molecule has 0 spiro atoms. The van der Waals surface area contributed by atoms with E-state index >= 15 is 0 Å². The Balaban J connectivity index is -0.000000569. The topological polar surface area (TPSA) is 74.6 Å². The van der Waals surface area contributed by atoms with Crippen molar-refractivity contribution >= 4 is 11.9 Å². The molecule has 0 atom stereocenters. The second-order valence-electron chi connectivity index (χ2n) is 9.28. The summed E-state index contributed by atoms with van der Waals surface area (Å²) in [7, 11) is 0. The van der Waals surface area contributed by atoms with Gasteiger partial charge in [0.1, 0.15) is 0 Å². The quantitative estimate of drug-likeness (QED) is 0.0718. The Labute approximate surface area is 230 Å². The van der Waals surface area contributed by atoms with Crippen LogP contribution in [0.4, 0.5) is 0 Å². The van der Waals surface area contributed by atoms with Gasteiger partial charge in [-0.2, -0.15) is 0 Å². The molecule has 0 heterocycles. The number of carbonyl (C=O) groups is 2. The molecule has 0 bridgehead atoms. The SMILES string of the molecule is CCC=CCCCCCCCCCCC(=O)O.CCC=CCCCCCCCCCCC(=O)O.[Zn]. The monoisotopic (exact) mass is 544 g/mol. The Morgan fingerprint density at radius 1 is 0.457 bits per heavy atom. The Morgan fingerprint density at radius 2 is 0.714 bits per heavy atom. The van der Waals surface area contributed by atoms with Crippen LogP contribution < -0.4 is 0 Å². The normalized spacial score (nSPS) is 10.8. The molecule has 4 nitrogen and oxygen atoms in total. The van der Waals surface area contributed by atoms with Crippen molar-refractivity contribution in [2.75, 3.05) is 0 Å². The molecule has 0 fully saturated rings. The van der Waals surface area contributed by atoms with E-state index in [9.17, 15) is 9.59 Å². The van der Waals surface area contributed by atoms with E-state index in [0.29, 0.717) is 12.8 Å². The number of allylic oxidation sites excluding steroid dienone is 4. The summed E-state index contributed by atoms with van der Waals surface area (Å²) in [6.07, 6.45) is 33.8. The summed E-state index contributed by atoms with van der Waals surface area (Å²) < 4.78 is 0. The number of carboxylic acids is 2. The van der Waals surface area contributed by atoms with Crippen LogP contribution in [-0.2, 0) is 29.1 Å². The summed E-state index contributed by atoms with van der Waals surface area (Å²) in [6, 6.07) is 0. The summed E-state index contributed by atoms with van der Waals surface area (Å²) in [5.74, 6) is -1.32. The van der Waals surface area contributed by atoms with Crippen LogP contribution in [0.5, 0.6) is 0 Å². The summed E-state index contributed by atoms with van der Waals surface area (Å²) in [6.45, 7) is 4.34.